The number of nitrogens with zero attached hydrogens (tertiary/aromatic N) is 1. The Labute approximate surface area is 121 Å². The number of amides is 1. The molecule has 1 aliphatic heterocycles. The second-order valence-corrected chi connectivity index (χ2v) is 6.89. The summed E-state index contributed by atoms with van der Waals surface area (Å²) in [6.45, 7) is 8.69. The van der Waals surface area contributed by atoms with Crippen LogP contribution in [0.3, 0.4) is 0 Å². The van der Waals surface area contributed by atoms with Crippen molar-refractivity contribution in [3.63, 3.8) is 0 Å². The second-order valence-electron chi connectivity index (χ2n) is 6.89. The van der Waals surface area contributed by atoms with E-state index in [-0.39, 0.29) is 11.6 Å². The van der Waals surface area contributed by atoms with Crippen molar-refractivity contribution < 1.29 is 9.53 Å². The molecule has 3 heteroatoms. The Hall–Kier alpha value is -1.51. The van der Waals surface area contributed by atoms with Gasteiger partial charge in [0.2, 0.25) is 0 Å². The molecule has 1 saturated heterocycles. The molecule has 1 aromatic carbocycles. The first-order valence-electron chi connectivity index (χ1n) is 7.35. The summed E-state index contributed by atoms with van der Waals surface area (Å²) in [5, 5.41) is 0. The number of carbonyl (C=O) groups is 1. The molecule has 1 fully saturated rings. The minimum Gasteiger partial charge on any atom is -0.444 e. The van der Waals surface area contributed by atoms with E-state index in [0.29, 0.717) is 0 Å². The van der Waals surface area contributed by atoms with Gasteiger partial charge in [0.1, 0.15) is 5.60 Å². The fourth-order valence-corrected chi connectivity index (χ4v) is 2.87. The van der Waals surface area contributed by atoms with Crippen LogP contribution in [-0.2, 0) is 11.2 Å². The molecule has 20 heavy (non-hydrogen) atoms. The zero-order chi connectivity index (χ0) is 14.8. The lowest BCUT2D eigenvalue weighted by Gasteiger charge is -2.36. The van der Waals surface area contributed by atoms with Crippen LogP contribution in [-0.4, -0.2) is 28.7 Å². The van der Waals surface area contributed by atoms with Gasteiger partial charge in [-0.2, -0.15) is 0 Å². The van der Waals surface area contributed by atoms with Gasteiger partial charge in [-0.05, 0) is 52.5 Å². The van der Waals surface area contributed by atoms with Crippen LogP contribution in [0.4, 0.5) is 4.79 Å². The number of likely N-dealkylation sites (tertiary alicyclic amines) is 1. The van der Waals surface area contributed by atoms with Gasteiger partial charge in [-0.15, -0.1) is 0 Å². The van der Waals surface area contributed by atoms with Crippen molar-refractivity contribution in [2.75, 3.05) is 6.54 Å². The van der Waals surface area contributed by atoms with Crippen LogP contribution in [0, 0.1) is 0 Å². The fraction of sp³-hybridized carbons (Fsp3) is 0.588. The molecule has 0 saturated carbocycles. The minimum atomic E-state index is -0.437. The van der Waals surface area contributed by atoms with Crippen LogP contribution in [0.25, 0.3) is 0 Å². The Morgan fingerprint density at radius 2 is 1.95 bits per heavy atom. The van der Waals surface area contributed by atoms with E-state index in [1.807, 2.05) is 43.9 Å². The highest BCUT2D eigenvalue weighted by atomic mass is 16.6. The van der Waals surface area contributed by atoms with Crippen molar-refractivity contribution in [2.45, 2.75) is 58.1 Å². The van der Waals surface area contributed by atoms with Crippen LogP contribution < -0.4 is 0 Å². The van der Waals surface area contributed by atoms with Crippen LogP contribution in [0.2, 0.25) is 0 Å². The lowest BCUT2D eigenvalue weighted by Crippen LogP contribution is -2.48. The van der Waals surface area contributed by atoms with E-state index in [4.69, 9.17) is 4.74 Å². The number of carbonyl (C=O) groups excluding carboxylic acids is 1. The summed E-state index contributed by atoms with van der Waals surface area (Å²) in [6.07, 6.45) is 2.77. The van der Waals surface area contributed by atoms with Gasteiger partial charge in [0, 0.05) is 12.1 Å². The van der Waals surface area contributed by atoms with Crippen molar-refractivity contribution in [3.05, 3.63) is 35.9 Å². The number of hydrogen-bond donors (Lipinski definition) is 0. The normalized spacial score (nSPS) is 22.9. The van der Waals surface area contributed by atoms with Gasteiger partial charge in [0.15, 0.2) is 0 Å². The fourth-order valence-electron chi connectivity index (χ4n) is 2.87. The van der Waals surface area contributed by atoms with Gasteiger partial charge in [-0.1, -0.05) is 30.3 Å². The molecule has 1 atom stereocenters. The second kappa shape index (κ2) is 5.47. The molecule has 1 unspecified atom stereocenters. The highest BCUT2D eigenvalue weighted by Crippen LogP contribution is 2.33. The molecule has 1 heterocycles. The van der Waals surface area contributed by atoms with Crippen molar-refractivity contribution in [3.8, 4) is 0 Å². The van der Waals surface area contributed by atoms with Gasteiger partial charge in [-0.25, -0.2) is 4.79 Å². The Kier molecular flexibility index (Phi) is 4.07. The maximum Gasteiger partial charge on any atom is 0.410 e. The molecule has 0 spiro atoms. The van der Waals surface area contributed by atoms with E-state index in [2.05, 4.69) is 19.1 Å². The third-order valence-corrected chi connectivity index (χ3v) is 3.79. The molecular formula is C17H25NO2. The summed E-state index contributed by atoms with van der Waals surface area (Å²) in [7, 11) is 0. The molecule has 0 bridgehead atoms. The van der Waals surface area contributed by atoms with Gasteiger partial charge in [-0.3, -0.25) is 0 Å². The number of hydrogen-bond acceptors (Lipinski definition) is 2. The van der Waals surface area contributed by atoms with E-state index in [1.54, 1.807) is 0 Å². The van der Waals surface area contributed by atoms with Crippen molar-refractivity contribution in [1.29, 1.82) is 0 Å². The Morgan fingerprint density at radius 3 is 2.55 bits per heavy atom. The van der Waals surface area contributed by atoms with E-state index < -0.39 is 5.60 Å². The first kappa shape index (κ1) is 14.9. The van der Waals surface area contributed by atoms with E-state index in [1.165, 1.54) is 5.56 Å². The zero-order valence-corrected chi connectivity index (χ0v) is 13.0. The zero-order valence-electron chi connectivity index (χ0n) is 13.0. The van der Waals surface area contributed by atoms with Crippen LogP contribution >= 0.6 is 0 Å². The van der Waals surface area contributed by atoms with Crippen LogP contribution in [0.5, 0.6) is 0 Å². The van der Waals surface area contributed by atoms with Crippen molar-refractivity contribution >= 4 is 6.09 Å². The van der Waals surface area contributed by atoms with E-state index in [0.717, 1.165) is 25.8 Å². The average Bonchev–Trinajstić information content (AvgIpc) is 2.70. The number of benzene rings is 1. The predicted octanol–water partition coefficient (Wildman–Crippen LogP) is 4.02. The molecule has 1 amide bonds. The summed E-state index contributed by atoms with van der Waals surface area (Å²) in [4.78, 5) is 14.3. The topological polar surface area (TPSA) is 29.5 Å². The highest BCUT2D eigenvalue weighted by Gasteiger charge is 2.41. The molecule has 1 aromatic rings. The highest BCUT2D eigenvalue weighted by molar-refractivity contribution is 5.69. The van der Waals surface area contributed by atoms with Gasteiger partial charge in [0.25, 0.3) is 0 Å². The van der Waals surface area contributed by atoms with Gasteiger partial charge < -0.3 is 9.64 Å². The number of rotatable bonds is 2. The maximum atomic E-state index is 12.4. The lowest BCUT2D eigenvalue weighted by atomic mass is 9.90. The standard InChI is InChI=1S/C17H25NO2/c1-16(2,3)20-15(19)18-12-8-11-17(18,4)13-14-9-6-5-7-10-14/h5-7,9-10H,8,11-13H2,1-4H3. The predicted molar refractivity (Wildman–Crippen MR) is 80.7 cm³/mol. The van der Waals surface area contributed by atoms with Crippen LogP contribution in [0.15, 0.2) is 30.3 Å². The molecule has 0 radical (unpaired) electrons. The molecular weight excluding hydrogens is 250 g/mol. The van der Waals surface area contributed by atoms with Gasteiger partial charge >= 0.3 is 6.09 Å². The Balaban J connectivity index is 2.11. The average molecular weight is 275 g/mol. The minimum absolute atomic E-state index is 0.135. The van der Waals surface area contributed by atoms with E-state index in [9.17, 15) is 4.79 Å². The summed E-state index contributed by atoms with van der Waals surface area (Å²) in [5.41, 5.74) is 0.697. The first-order chi connectivity index (χ1) is 9.30. The third kappa shape index (κ3) is 3.53. The third-order valence-electron chi connectivity index (χ3n) is 3.79. The molecule has 0 aliphatic carbocycles. The SMILES string of the molecule is CC(C)(C)OC(=O)N1CCCC1(C)Cc1ccccc1. The summed E-state index contributed by atoms with van der Waals surface area (Å²) >= 11 is 0. The quantitative estimate of drug-likeness (QED) is 0.816. The Bertz CT molecular complexity index is 464. The van der Waals surface area contributed by atoms with Crippen molar-refractivity contribution in [2.24, 2.45) is 0 Å². The molecule has 0 aromatic heterocycles. The largest absolute Gasteiger partial charge is 0.444 e. The van der Waals surface area contributed by atoms with Gasteiger partial charge in [0.05, 0.1) is 0 Å². The smallest absolute Gasteiger partial charge is 0.410 e. The summed E-state index contributed by atoms with van der Waals surface area (Å²) in [6, 6.07) is 10.4. The molecule has 3 nitrogen and oxygen atoms in total. The van der Waals surface area contributed by atoms with E-state index >= 15 is 0 Å². The van der Waals surface area contributed by atoms with Crippen molar-refractivity contribution in [1.82, 2.24) is 4.90 Å². The maximum absolute atomic E-state index is 12.4. The molecule has 110 valence electrons. The van der Waals surface area contributed by atoms with Crippen LogP contribution in [0.1, 0.15) is 46.1 Å². The molecule has 0 N–H and O–H groups in total. The molecule has 2 rings (SSSR count). The Morgan fingerprint density at radius 1 is 1.30 bits per heavy atom. The lowest BCUT2D eigenvalue weighted by molar-refractivity contribution is 0.0108. The number of ether oxygens (including phenoxy) is 1. The monoisotopic (exact) mass is 275 g/mol. The summed E-state index contributed by atoms with van der Waals surface area (Å²) < 4.78 is 5.54. The summed E-state index contributed by atoms with van der Waals surface area (Å²) in [5.74, 6) is 0. The first-order valence-corrected chi connectivity index (χ1v) is 7.35. The molecule has 1 aliphatic rings.